The largest absolute Gasteiger partial charge is 0.417 e. The van der Waals surface area contributed by atoms with E-state index in [1.54, 1.807) is 0 Å². The van der Waals surface area contributed by atoms with E-state index in [0.717, 1.165) is 16.4 Å². The van der Waals surface area contributed by atoms with Crippen LogP contribution < -0.4 is 5.73 Å². The minimum Gasteiger partial charge on any atom is -0.326 e. The van der Waals surface area contributed by atoms with Gasteiger partial charge in [0.15, 0.2) is 0 Å². The summed E-state index contributed by atoms with van der Waals surface area (Å²) in [6.07, 6.45) is -4.18. The lowest BCUT2D eigenvalue weighted by Gasteiger charge is -2.34. The fourth-order valence-electron chi connectivity index (χ4n) is 2.35. The summed E-state index contributed by atoms with van der Waals surface area (Å²) in [6, 6.07) is 3.85. The van der Waals surface area contributed by atoms with Crippen molar-refractivity contribution in [1.82, 2.24) is 4.31 Å². The van der Waals surface area contributed by atoms with Gasteiger partial charge in [0.25, 0.3) is 0 Å². The second-order valence-electron chi connectivity index (χ2n) is 5.29. The highest BCUT2D eigenvalue weighted by Crippen LogP contribution is 2.35. The van der Waals surface area contributed by atoms with Gasteiger partial charge in [0.2, 0.25) is 10.0 Å². The molecule has 0 bridgehead atoms. The van der Waals surface area contributed by atoms with Crippen LogP contribution in [0.25, 0.3) is 0 Å². The number of nitrogens with zero attached hydrogens (tertiary/aromatic N) is 1. The number of hydrogen-bond donors (Lipinski definition) is 1. The normalized spacial score (nSPS) is 25.0. The fraction of sp³-hybridized carbons (Fsp3) is 0.538. The van der Waals surface area contributed by atoms with Crippen molar-refractivity contribution in [2.24, 2.45) is 11.7 Å². The molecule has 0 aliphatic carbocycles. The fourth-order valence-corrected chi connectivity index (χ4v) is 4.06. The molecule has 2 rings (SSSR count). The molecule has 21 heavy (non-hydrogen) atoms. The van der Waals surface area contributed by atoms with E-state index in [9.17, 15) is 21.6 Å². The van der Waals surface area contributed by atoms with Gasteiger partial charge in [-0.1, -0.05) is 19.1 Å². The van der Waals surface area contributed by atoms with Crippen LogP contribution in [0.5, 0.6) is 0 Å². The lowest BCUT2D eigenvalue weighted by Crippen LogP contribution is -2.49. The lowest BCUT2D eigenvalue weighted by molar-refractivity contribution is -0.139. The summed E-state index contributed by atoms with van der Waals surface area (Å²) in [5, 5.41) is 0. The van der Waals surface area contributed by atoms with Crippen LogP contribution in [0.1, 0.15) is 18.9 Å². The number of hydrogen-bond acceptors (Lipinski definition) is 3. The average molecular weight is 322 g/mol. The van der Waals surface area contributed by atoms with E-state index in [1.165, 1.54) is 12.1 Å². The second kappa shape index (κ2) is 5.58. The quantitative estimate of drug-likeness (QED) is 0.906. The number of piperidine rings is 1. The van der Waals surface area contributed by atoms with Crippen molar-refractivity contribution in [3.8, 4) is 0 Å². The summed E-state index contributed by atoms with van der Waals surface area (Å²) < 4.78 is 64.9. The molecule has 4 nitrogen and oxygen atoms in total. The molecule has 1 aromatic rings. The minimum atomic E-state index is -4.71. The van der Waals surface area contributed by atoms with Crippen LogP contribution in [-0.2, 0) is 16.2 Å². The van der Waals surface area contributed by atoms with Crippen molar-refractivity contribution in [3.63, 3.8) is 0 Å². The zero-order valence-electron chi connectivity index (χ0n) is 11.5. The second-order valence-corrected chi connectivity index (χ2v) is 7.19. The molecule has 0 amide bonds. The zero-order valence-corrected chi connectivity index (χ0v) is 12.3. The molecule has 0 saturated carbocycles. The summed E-state index contributed by atoms with van der Waals surface area (Å²) in [4.78, 5) is -0.709. The molecule has 0 spiro atoms. The van der Waals surface area contributed by atoms with E-state index in [2.05, 4.69) is 0 Å². The molecule has 1 heterocycles. The van der Waals surface area contributed by atoms with Crippen LogP contribution in [0, 0.1) is 5.92 Å². The van der Waals surface area contributed by atoms with Gasteiger partial charge in [-0.05, 0) is 24.5 Å². The molecule has 1 saturated heterocycles. The monoisotopic (exact) mass is 322 g/mol. The average Bonchev–Trinajstić information content (AvgIpc) is 2.41. The highest BCUT2D eigenvalue weighted by Gasteiger charge is 2.40. The number of nitrogens with two attached hydrogens (primary N) is 1. The molecule has 118 valence electrons. The van der Waals surface area contributed by atoms with E-state index in [4.69, 9.17) is 5.73 Å². The molecular weight excluding hydrogens is 305 g/mol. The van der Waals surface area contributed by atoms with E-state index < -0.39 is 26.7 Å². The Morgan fingerprint density at radius 3 is 2.48 bits per heavy atom. The van der Waals surface area contributed by atoms with Gasteiger partial charge < -0.3 is 5.73 Å². The Balaban J connectivity index is 2.42. The van der Waals surface area contributed by atoms with Crippen LogP contribution >= 0.6 is 0 Å². The number of alkyl halides is 3. The predicted molar refractivity (Wildman–Crippen MR) is 72.0 cm³/mol. The van der Waals surface area contributed by atoms with Gasteiger partial charge in [-0.2, -0.15) is 17.5 Å². The molecule has 2 N–H and O–H groups in total. The summed E-state index contributed by atoms with van der Waals surface area (Å²) in [5.41, 5.74) is 4.70. The molecule has 1 fully saturated rings. The van der Waals surface area contributed by atoms with E-state index in [0.29, 0.717) is 6.42 Å². The van der Waals surface area contributed by atoms with Crippen LogP contribution in [-0.4, -0.2) is 31.9 Å². The Morgan fingerprint density at radius 1 is 1.29 bits per heavy atom. The van der Waals surface area contributed by atoms with Gasteiger partial charge in [-0.25, -0.2) is 8.42 Å². The number of halogens is 3. The maximum absolute atomic E-state index is 13.0. The maximum Gasteiger partial charge on any atom is 0.417 e. The standard InChI is InChI=1S/C13H17F3N2O2S/c1-9-6-7-18(8-11(9)17)21(19,20)12-5-3-2-4-10(12)13(14,15)16/h2-5,9,11H,6-8,17H2,1H3. The van der Waals surface area contributed by atoms with Crippen molar-refractivity contribution in [2.45, 2.75) is 30.5 Å². The molecule has 8 heteroatoms. The van der Waals surface area contributed by atoms with Crippen molar-refractivity contribution in [2.75, 3.05) is 13.1 Å². The van der Waals surface area contributed by atoms with Crippen LogP contribution in [0.2, 0.25) is 0 Å². The van der Waals surface area contributed by atoms with Crippen LogP contribution in [0.3, 0.4) is 0 Å². The Kier molecular flexibility index (Phi) is 4.32. The molecule has 1 aliphatic rings. The number of benzene rings is 1. The maximum atomic E-state index is 13.0. The van der Waals surface area contributed by atoms with Gasteiger partial charge >= 0.3 is 6.18 Å². The zero-order chi connectivity index (χ0) is 15.8. The first-order valence-corrected chi connectivity index (χ1v) is 8.00. The first-order chi connectivity index (χ1) is 9.64. The summed E-state index contributed by atoms with van der Waals surface area (Å²) in [5.74, 6) is 0.148. The van der Waals surface area contributed by atoms with E-state index in [-0.39, 0.29) is 25.0 Å². The van der Waals surface area contributed by atoms with Crippen molar-refractivity contribution < 1.29 is 21.6 Å². The van der Waals surface area contributed by atoms with Crippen LogP contribution in [0.4, 0.5) is 13.2 Å². The summed E-state index contributed by atoms with van der Waals surface area (Å²) >= 11 is 0. The first-order valence-electron chi connectivity index (χ1n) is 6.56. The van der Waals surface area contributed by atoms with Crippen molar-refractivity contribution >= 4 is 10.0 Å². The third kappa shape index (κ3) is 3.22. The summed E-state index contributed by atoms with van der Waals surface area (Å²) in [7, 11) is -4.20. The molecule has 2 unspecified atom stereocenters. The highest BCUT2D eigenvalue weighted by atomic mass is 32.2. The van der Waals surface area contributed by atoms with Gasteiger partial charge in [0, 0.05) is 19.1 Å². The molecule has 1 aliphatic heterocycles. The van der Waals surface area contributed by atoms with E-state index in [1.807, 2.05) is 6.92 Å². The van der Waals surface area contributed by atoms with Crippen molar-refractivity contribution in [1.29, 1.82) is 0 Å². The predicted octanol–water partition coefficient (Wildman–Crippen LogP) is 2.06. The Hall–Kier alpha value is -1.12. The SMILES string of the molecule is CC1CCN(S(=O)(=O)c2ccccc2C(F)(F)F)CC1N. The van der Waals surface area contributed by atoms with Gasteiger partial charge in [-0.15, -0.1) is 0 Å². The van der Waals surface area contributed by atoms with Gasteiger partial charge in [0.1, 0.15) is 0 Å². The molecule has 0 radical (unpaired) electrons. The molecule has 2 atom stereocenters. The summed E-state index contributed by atoms with van der Waals surface area (Å²) in [6.45, 7) is 2.12. The lowest BCUT2D eigenvalue weighted by atomic mass is 9.96. The van der Waals surface area contributed by atoms with Crippen molar-refractivity contribution in [3.05, 3.63) is 29.8 Å². The Morgan fingerprint density at radius 2 is 1.90 bits per heavy atom. The van der Waals surface area contributed by atoms with E-state index >= 15 is 0 Å². The first kappa shape index (κ1) is 16.3. The third-order valence-electron chi connectivity index (χ3n) is 3.79. The Bertz CT molecular complexity index is 616. The molecule has 1 aromatic carbocycles. The minimum absolute atomic E-state index is 0.0374. The van der Waals surface area contributed by atoms with Crippen LogP contribution in [0.15, 0.2) is 29.2 Å². The van der Waals surface area contributed by atoms with Gasteiger partial charge in [-0.3, -0.25) is 0 Å². The molecular formula is C13H17F3N2O2S. The Labute approximate surface area is 121 Å². The smallest absolute Gasteiger partial charge is 0.326 e. The number of rotatable bonds is 2. The number of sulfonamides is 1. The topological polar surface area (TPSA) is 63.4 Å². The van der Waals surface area contributed by atoms with Gasteiger partial charge in [0.05, 0.1) is 10.5 Å². The third-order valence-corrected chi connectivity index (χ3v) is 5.71. The highest BCUT2D eigenvalue weighted by molar-refractivity contribution is 7.89. The molecule has 0 aromatic heterocycles.